The first-order valence-corrected chi connectivity index (χ1v) is 15.3. The van der Waals surface area contributed by atoms with Crippen LogP contribution in [-0.4, -0.2) is 46.4 Å². The minimum Gasteiger partial charge on any atom is -0.490 e. The number of pyridine rings is 3. The summed E-state index contributed by atoms with van der Waals surface area (Å²) in [5.41, 5.74) is 2.42. The van der Waals surface area contributed by atoms with Gasteiger partial charge < -0.3 is 24.8 Å². The number of anilines is 1. The molecule has 6 rings (SSSR count). The van der Waals surface area contributed by atoms with Gasteiger partial charge >= 0.3 is 0 Å². The molecule has 2 N–H and O–H groups in total. The summed E-state index contributed by atoms with van der Waals surface area (Å²) < 4.78 is 32.2. The Labute approximate surface area is 250 Å². The van der Waals surface area contributed by atoms with Crippen LogP contribution in [0.5, 0.6) is 11.6 Å². The summed E-state index contributed by atoms with van der Waals surface area (Å²) in [5.74, 6) is 1.50. The number of hydrogen-bond donors (Lipinski definition) is 2. The third kappa shape index (κ3) is 7.95. The maximum atomic E-state index is 14.8. The second-order valence-electron chi connectivity index (χ2n) is 10.5. The van der Waals surface area contributed by atoms with Crippen molar-refractivity contribution in [2.45, 2.75) is 97.2 Å². The Kier molecular flexibility index (Phi) is 12.5. The summed E-state index contributed by atoms with van der Waals surface area (Å²) in [7, 11) is 1.56. The van der Waals surface area contributed by atoms with E-state index in [1.54, 1.807) is 19.4 Å². The monoisotopic (exact) mass is 581 g/mol. The summed E-state index contributed by atoms with van der Waals surface area (Å²) in [6, 6.07) is 7.48. The van der Waals surface area contributed by atoms with Crippen molar-refractivity contribution < 1.29 is 18.6 Å². The highest BCUT2D eigenvalue weighted by atomic mass is 19.1. The molecule has 5 heterocycles. The molecule has 42 heavy (non-hydrogen) atoms. The number of hydrogen-bond acceptors (Lipinski definition) is 8. The van der Waals surface area contributed by atoms with Gasteiger partial charge in [0.05, 0.1) is 48.8 Å². The van der Waals surface area contributed by atoms with Crippen molar-refractivity contribution in [3.05, 3.63) is 60.3 Å². The van der Waals surface area contributed by atoms with E-state index in [-0.39, 0.29) is 17.0 Å². The number of methoxy groups -OCH3 is 1. The van der Waals surface area contributed by atoms with Gasteiger partial charge in [-0.05, 0) is 69.8 Å². The summed E-state index contributed by atoms with van der Waals surface area (Å²) in [4.78, 5) is 13.4. The fourth-order valence-electron chi connectivity index (χ4n) is 5.43. The Balaban J connectivity index is 0.000000910. The number of rotatable bonds is 11. The van der Waals surface area contributed by atoms with Crippen molar-refractivity contribution in [3.8, 4) is 11.6 Å². The lowest BCUT2D eigenvalue weighted by Crippen LogP contribution is -2.61. The summed E-state index contributed by atoms with van der Waals surface area (Å²) in [6.45, 7) is 15.8. The zero-order chi connectivity index (χ0) is 30.6. The van der Waals surface area contributed by atoms with Gasteiger partial charge in [-0.1, -0.05) is 40.7 Å². The van der Waals surface area contributed by atoms with E-state index < -0.39 is 0 Å². The van der Waals surface area contributed by atoms with E-state index in [1.807, 2.05) is 39.0 Å². The normalized spacial score (nSPS) is 20.5. The highest BCUT2D eigenvalue weighted by molar-refractivity contribution is 5.78. The topological polar surface area (TPSA) is 90.4 Å². The lowest BCUT2D eigenvalue weighted by Gasteiger charge is -2.53. The molecule has 2 bridgehead atoms. The van der Waals surface area contributed by atoms with E-state index in [0.717, 1.165) is 37.8 Å². The molecule has 230 valence electrons. The molecule has 3 fully saturated rings. The zero-order valence-electron chi connectivity index (χ0n) is 26.2. The highest BCUT2D eigenvalue weighted by Gasteiger charge is 2.49. The van der Waals surface area contributed by atoms with Crippen LogP contribution < -0.4 is 20.1 Å². The van der Waals surface area contributed by atoms with Crippen LogP contribution in [0.15, 0.2) is 43.2 Å². The fraction of sp³-hybridized carbons (Fsp3) is 0.545. The second kappa shape index (κ2) is 15.8. The molecule has 1 aliphatic carbocycles. The van der Waals surface area contributed by atoms with Crippen LogP contribution in [-0.2, 0) is 17.7 Å². The van der Waals surface area contributed by atoms with E-state index in [9.17, 15) is 4.39 Å². The predicted molar refractivity (Wildman–Crippen MR) is 168 cm³/mol. The molecule has 0 radical (unpaired) electrons. The van der Waals surface area contributed by atoms with Gasteiger partial charge in [-0.15, -0.1) is 0 Å². The minimum atomic E-state index is -0.333. The number of nitrogens with zero attached hydrogens (tertiary/aromatic N) is 3. The zero-order valence-corrected chi connectivity index (χ0v) is 26.2. The number of fused-ring (bicyclic) bond motifs is 4. The average Bonchev–Trinajstić information content (AvgIpc) is 3.03. The first kappa shape index (κ1) is 33.2. The van der Waals surface area contributed by atoms with Gasteiger partial charge in [0.1, 0.15) is 5.82 Å². The number of halogens is 1. The quantitative estimate of drug-likeness (QED) is 0.243. The van der Waals surface area contributed by atoms with Gasteiger partial charge in [-0.2, -0.15) is 0 Å². The van der Waals surface area contributed by atoms with E-state index in [1.165, 1.54) is 12.6 Å². The van der Waals surface area contributed by atoms with E-state index in [2.05, 4.69) is 41.0 Å². The Morgan fingerprint density at radius 1 is 1.07 bits per heavy atom. The molecular weight excluding hydrogens is 533 g/mol. The van der Waals surface area contributed by atoms with Crippen LogP contribution in [0.1, 0.15) is 84.4 Å². The van der Waals surface area contributed by atoms with Crippen molar-refractivity contribution in [1.29, 1.82) is 0 Å². The van der Waals surface area contributed by atoms with Gasteiger partial charge in [0.2, 0.25) is 5.88 Å². The number of aromatic nitrogens is 3. The molecule has 0 unspecified atom stereocenters. The molecule has 0 aromatic carbocycles. The SMILES string of the molecule is C=CNc1nc(CNC23CCC(CCc4c(F)cnc5ccc(OC)nc45)(CC2)OC3)ccc1OCC.CC.CCC. The van der Waals surface area contributed by atoms with Gasteiger partial charge in [0.15, 0.2) is 11.6 Å². The van der Waals surface area contributed by atoms with Crippen LogP contribution in [0.2, 0.25) is 0 Å². The molecule has 3 aromatic heterocycles. The Morgan fingerprint density at radius 2 is 1.81 bits per heavy atom. The van der Waals surface area contributed by atoms with Crippen LogP contribution in [0.25, 0.3) is 11.0 Å². The minimum absolute atomic E-state index is 0.0718. The van der Waals surface area contributed by atoms with Crippen molar-refractivity contribution in [2.24, 2.45) is 0 Å². The largest absolute Gasteiger partial charge is 0.490 e. The average molecular weight is 582 g/mol. The van der Waals surface area contributed by atoms with Crippen LogP contribution in [0.3, 0.4) is 0 Å². The number of ether oxygens (including phenoxy) is 3. The van der Waals surface area contributed by atoms with Gasteiger partial charge in [-0.3, -0.25) is 4.98 Å². The van der Waals surface area contributed by atoms with Gasteiger partial charge in [0.25, 0.3) is 0 Å². The lowest BCUT2D eigenvalue weighted by molar-refractivity contribution is -0.165. The predicted octanol–water partition coefficient (Wildman–Crippen LogP) is 7.37. The van der Waals surface area contributed by atoms with Crippen molar-refractivity contribution in [2.75, 3.05) is 25.6 Å². The molecule has 3 aliphatic rings. The third-order valence-corrected chi connectivity index (χ3v) is 7.65. The standard InChI is InChI=1S/C28H34FN5O3.C3H8.C2H6/c1-4-30-26-23(36-5-2)8-6-19(33-26)16-32-27-12-14-28(15-13-27,37-18-27)11-10-20-21(29)17-31-22-7-9-24(35-3)34-25(20)22;1-3-2;1-2/h4,6-9,17,32H,1,5,10-16,18H2,2-3H3,(H,30,33);3H2,1-2H3;1-2H3. The summed E-state index contributed by atoms with van der Waals surface area (Å²) >= 11 is 0. The molecule has 2 aliphatic heterocycles. The molecule has 9 heteroatoms. The highest BCUT2D eigenvalue weighted by Crippen LogP contribution is 2.46. The Hall–Kier alpha value is -3.30. The maximum absolute atomic E-state index is 14.8. The molecule has 0 atom stereocenters. The van der Waals surface area contributed by atoms with E-state index >= 15 is 0 Å². The van der Waals surface area contributed by atoms with Gasteiger partial charge in [0, 0.05) is 23.7 Å². The molecule has 2 saturated heterocycles. The van der Waals surface area contributed by atoms with Crippen LogP contribution in [0, 0.1) is 5.82 Å². The van der Waals surface area contributed by atoms with Gasteiger partial charge in [-0.25, -0.2) is 14.4 Å². The molecule has 8 nitrogen and oxygen atoms in total. The summed E-state index contributed by atoms with van der Waals surface area (Å²) in [5, 5.41) is 6.78. The van der Waals surface area contributed by atoms with Crippen LogP contribution >= 0.6 is 0 Å². The first-order chi connectivity index (χ1) is 20.4. The van der Waals surface area contributed by atoms with E-state index in [4.69, 9.17) is 19.2 Å². The fourth-order valence-corrected chi connectivity index (χ4v) is 5.43. The van der Waals surface area contributed by atoms with Crippen molar-refractivity contribution in [3.63, 3.8) is 0 Å². The maximum Gasteiger partial charge on any atom is 0.213 e. The van der Waals surface area contributed by atoms with Crippen molar-refractivity contribution >= 4 is 16.9 Å². The number of aryl methyl sites for hydroxylation is 1. The smallest absolute Gasteiger partial charge is 0.213 e. The molecule has 1 saturated carbocycles. The Morgan fingerprint density at radius 3 is 2.43 bits per heavy atom. The van der Waals surface area contributed by atoms with Crippen LogP contribution in [0.4, 0.5) is 10.2 Å². The number of nitrogens with one attached hydrogen (secondary N) is 2. The third-order valence-electron chi connectivity index (χ3n) is 7.65. The molecule has 0 amide bonds. The second-order valence-corrected chi connectivity index (χ2v) is 10.5. The van der Waals surface area contributed by atoms with Crippen molar-refractivity contribution in [1.82, 2.24) is 20.3 Å². The summed E-state index contributed by atoms with van der Waals surface area (Å²) in [6.07, 6.45) is 9.30. The van der Waals surface area contributed by atoms with E-state index in [0.29, 0.717) is 60.2 Å². The lowest BCUT2D eigenvalue weighted by atomic mass is 9.69. The molecule has 3 aromatic rings. The first-order valence-electron chi connectivity index (χ1n) is 15.3. The molecule has 0 spiro atoms. The molecular formula is C33H48FN5O3. The Bertz CT molecular complexity index is 1280.